The number of primary amides is 1. The molecule has 1 aromatic rings. The summed E-state index contributed by atoms with van der Waals surface area (Å²) in [6.07, 6.45) is 1.80. The number of nitrogens with zero attached hydrogens (tertiary/aromatic N) is 1. The van der Waals surface area contributed by atoms with Crippen LogP contribution >= 0.6 is 0 Å². The van der Waals surface area contributed by atoms with Gasteiger partial charge in [-0.15, -0.1) is 0 Å². The van der Waals surface area contributed by atoms with Gasteiger partial charge < -0.3 is 20.7 Å². The number of carbonyl (C=O) groups is 3. The first kappa shape index (κ1) is 15.3. The molecule has 0 aliphatic carbocycles. The molecule has 0 bridgehead atoms. The lowest BCUT2D eigenvalue weighted by Gasteiger charge is -2.31. The van der Waals surface area contributed by atoms with Crippen LogP contribution < -0.4 is 15.8 Å². The molecule has 1 aromatic carbocycles. The number of anilines is 1. The van der Waals surface area contributed by atoms with E-state index in [1.165, 1.54) is 0 Å². The molecule has 23 heavy (non-hydrogen) atoms. The summed E-state index contributed by atoms with van der Waals surface area (Å²) < 4.78 is 5.42. The Hall–Kier alpha value is -2.57. The van der Waals surface area contributed by atoms with Crippen molar-refractivity contribution in [2.45, 2.75) is 19.3 Å². The average molecular weight is 317 g/mol. The number of nitrogens with one attached hydrogen (secondary N) is 1. The summed E-state index contributed by atoms with van der Waals surface area (Å²) in [4.78, 5) is 37.1. The van der Waals surface area contributed by atoms with Crippen molar-refractivity contribution < 1.29 is 19.1 Å². The van der Waals surface area contributed by atoms with Gasteiger partial charge in [0.15, 0.2) is 5.78 Å². The molecule has 1 atom stereocenters. The van der Waals surface area contributed by atoms with Crippen LogP contribution in [-0.4, -0.2) is 42.3 Å². The molecular weight excluding hydrogens is 298 g/mol. The van der Waals surface area contributed by atoms with Gasteiger partial charge in [-0.3, -0.25) is 9.59 Å². The van der Waals surface area contributed by atoms with Crippen molar-refractivity contribution in [3.8, 4) is 5.75 Å². The van der Waals surface area contributed by atoms with Gasteiger partial charge in [0, 0.05) is 25.2 Å². The third-order valence-electron chi connectivity index (χ3n) is 4.23. The van der Waals surface area contributed by atoms with Crippen LogP contribution in [0, 0.1) is 5.92 Å². The zero-order valence-corrected chi connectivity index (χ0v) is 12.7. The van der Waals surface area contributed by atoms with Crippen LogP contribution in [0.25, 0.3) is 0 Å². The van der Waals surface area contributed by atoms with E-state index >= 15 is 0 Å². The van der Waals surface area contributed by atoms with E-state index in [1.54, 1.807) is 23.1 Å². The molecule has 1 saturated heterocycles. The highest BCUT2D eigenvalue weighted by Gasteiger charge is 2.27. The van der Waals surface area contributed by atoms with E-state index in [2.05, 4.69) is 5.32 Å². The number of amides is 3. The van der Waals surface area contributed by atoms with Crippen molar-refractivity contribution in [2.24, 2.45) is 11.7 Å². The average Bonchev–Trinajstić information content (AvgIpc) is 2.55. The number of rotatable bonds is 2. The van der Waals surface area contributed by atoms with Crippen molar-refractivity contribution in [1.82, 2.24) is 4.90 Å². The minimum atomic E-state index is -0.376. The Labute approximate surface area is 133 Å². The van der Waals surface area contributed by atoms with Gasteiger partial charge in [-0.25, -0.2) is 4.79 Å². The molecule has 3 rings (SSSR count). The van der Waals surface area contributed by atoms with Gasteiger partial charge in [0.1, 0.15) is 5.75 Å². The third kappa shape index (κ3) is 3.28. The standard InChI is InChI=1S/C16H19N3O4/c17-15(21)10-2-1-6-19(9-10)16(22)18-11-3-4-14-12(8-11)13(20)5-7-23-14/h3-4,8,10H,1-2,5-7,9H2,(H2,17,21)(H,18,22). The molecule has 0 saturated carbocycles. The number of benzene rings is 1. The predicted molar refractivity (Wildman–Crippen MR) is 83.4 cm³/mol. The quantitative estimate of drug-likeness (QED) is 0.860. The molecule has 2 aliphatic rings. The second-order valence-electron chi connectivity index (χ2n) is 5.85. The zero-order valence-electron chi connectivity index (χ0n) is 12.7. The Bertz CT molecular complexity index is 659. The Morgan fingerprint density at radius 1 is 1.35 bits per heavy atom. The predicted octanol–water partition coefficient (Wildman–Crippen LogP) is 1.38. The van der Waals surface area contributed by atoms with Crippen molar-refractivity contribution in [3.05, 3.63) is 23.8 Å². The first-order chi connectivity index (χ1) is 11.0. The number of ether oxygens (including phenoxy) is 1. The molecule has 7 heteroatoms. The summed E-state index contributed by atoms with van der Waals surface area (Å²) in [5.41, 5.74) is 6.35. The van der Waals surface area contributed by atoms with Crippen LogP contribution in [0.15, 0.2) is 18.2 Å². The molecule has 7 nitrogen and oxygen atoms in total. The molecule has 0 spiro atoms. The highest BCUT2D eigenvalue weighted by molar-refractivity contribution is 6.01. The fraction of sp³-hybridized carbons (Fsp3) is 0.438. The van der Waals surface area contributed by atoms with Crippen molar-refractivity contribution in [3.63, 3.8) is 0 Å². The summed E-state index contributed by atoms with van der Waals surface area (Å²) in [5.74, 6) is -0.118. The van der Waals surface area contributed by atoms with Gasteiger partial charge in [0.25, 0.3) is 0 Å². The van der Waals surface area contributed by atoms with E-state index in [4.69, 9.17) is 10.5 Å². The summed E-state index contributed by atoms with van der Waals surface area (Å²) in [6, 6.07) is 4.72. The number of hydrogen-bond acceptors (Lipinski definition) is 4. The van der Waals surface area contributed by atoms with Gasteiger partial charge >= 0.3 is 6.03 Å². The first-order valence-electron chi connectivity index (χ1n) is 7.70. The molecule has 3 N–H and O–H groups in total. The summed E-state index contributed by atoms with van der Waals surface area (Å²) in [5, 5.41) is 2.77. The summed E-state index contributed by atoms with van der Waals surface area (Å²) in [6.45, 7) is 1.30. The van der Waals surface area contributed by atoms with Crippen LogP contribution in [0.2, 0.25) is 0 Å². The van der Waals surface area contributed by atoms with Crippen LogP contribution in [-0.2, 0) is 4.79 Å². The Morgan fingerprint density at radius 2 is 2.17 bits per heavy atom. The molecule has 2 aliphatic heterocycles. The Balaban J connectivity index is 1.69. The second-order valence-corrected chi connectivity index (χ2v) is 5.85. The minimum Gasteiger partial charge on any atom is -0.492 e. The highest BCUT2D eigenvalue weighted by atomic mass is 16.5. The number of Topliss-reactive ketones (excluding diaryl/α,β-unsaturated/α-hetero) is 1. The number of nitrogens with two attached hydrogens (primary N) is 1. The molecule has 0 aromatic heterocycles. The lowest BCUT2D eigenvalue weighted by molar-refractivity contribution is -0.123. The maximum Gasteiger partial charge on any atom is 0.321 e. The summed E-state index contributed by atoms with van der Waals surface area (Å²) >= 11 is 0. The number of likely N-dealkylation sites (tertiary alicyclic amines) is 1. The molecule has 122 valence electrons. The van der Waals surface area contributed by atoms with Crippen molar-refractivity contribution in [1.29, 1.82) is 0 Å². The molecule has 3 amide bonds. The molecular formula is C16H19N3O4. The number of carbonyl (C=O) groups excluding carboxylic acids is 3. The fourth-order valence-corrected chi connectivity index (χ4v) is 2.94. The highest BCUT2D eigenvalue weighted by Crippen LogP contribution is 2.28. The van der Waals surface area contributed by atoms with E-state index in [9.17, 15) is 14.4 Å². The largest absolute Gasteiger partial charge is 0.492 e. The smallest absolute Gasteiger partial charge is 0.321 e. The van der Waals surface area contributed by atoms with E-state index in [0.29, 0.717) is 49.5 Å². The van der Waals surface area contributed by atoms with E-state index < -0.39 is 0 Å². The number of ketones is 1. The van der Waals surface area contributed by atoms with E-state index in [-0.39, 0.29) is 23.6 Å². The Kier molecular flexibility index (Phi) is 4.18. The van der Waals surface area contributed by atoms with Crippen LogP contribution in [0.3, 0.4) is 0 Å². The van der Waals surface area contributed by atoms with E-state index in [0.717, 1.165) is 6.42 Å². The van der Waals surface area contributed by atoms with Gasteiger partial charge in [0.2, 0.25) is 5.91 Å². The first-order valence-corrected chi connectivity index (χ1v) is 7.70. The number of fused-ring (bicyclic) bond motifs is 1. The monoisotopic (exact) mass is 317 g/mol. The maximum absolute atomic E-state index is 12.3. The topological polar surface area (TPSA) is 102 Å². The van der Waals surface area contributed by atoms with Crippen LogP contribution in [0.1, 0.15) is 29.6 Å². The summed E-state index contributed by atoms with van der Waals surface area (Å²) in [7, 11) is 0. The third-order valence-corrected chi connectivity index (χ3v) is 4.23. The van der Waals surface area contributed by atoms with Crippen molar-refractivity contribution >= 4 is 23.4 Å². The van der Waals surface area contributed by atoms with E-state index in [1.807, 2.05) is 0 Å². The molecule has 2 heterocycles. The maximum atomic E-state index is 12.3. The Morgan fingerprint density at radius 3 is 2.96 bits per heavy atom. The SMILES string of the molecule is NC(=O)C1CCCN(C(=O)Nc2ccc3c(c2)C(=O)CCO3)C1. The van der Waals surface area contributed by atoms with Crippen LogP contribution in [0.5, 0.6) is 5.75 Å². The molecule has 1 unspecified atom stereocenters. The number of piperidine rings is 1. The zero-order chi connectivity index (χ0) is 16.4. The number of hydrogen-bond donors (Lipinski definition) is 2. The lowest BCUT2D eigenvalue weighted by atomic mass is 9.98. The van der Waals surface area contributed by atoms with Crippen LogP contribution in [0.4, 0.5) is 10.5 Å². The molecule has 0 radical (unpaired) electrons. The van der Waals surface area contributed by atoms with Gasteiger partial charge in [-0.1, -0.05) is 0 Å². The fourth-order valence-electron chi connectivity index (χ4n) is 2.94. The van der Waals surface area contributed by atoms with Gasteiger partial charge in [-0.2, -0.15) is 0 Å². The second kappa shape index (κ2) is 6.28. The number of urea groups is 1. The van der Waals surface area contributed by atoms with Crippen molar-refractivity contribution in [2.75, 3.05) is 25.0 Å². The minimum absolute atomic E-state index is 0.00844. The van der Waals surface area contributed by atoms with Gasteiger partial charge in [-0.05, 0) is 31.0 Å². The lowest BCUT2D eigenvalue weighted by Crippen LogP contribution is -2.45. The normalized spacial score (nSPS) is 20.4. The van der Waals surface area contributed by atoms with Gasteiger partial charge in [0.05, 0.1) is 18.1 Å². The molecule has 1 fully saturated rings.